The largest absolute Gasteiger partial charge is 0.497 e. The van der Waals surface area contributed by atoms with Gasteiger partial charge in [-0.1, -0.05) is 24.3 Å². The van der Waals surface area contributed by atoms with E-state index in [-0.39, 0.29) is 0 Å². The molecular formula is C18H20N2O2. The van der Waals surface area contributed by atoms with Gasteiger partial charge in [-0.3, -0.25) is 0 Å². The van der Waals surface area contributed by atoms with Gasteiger partial charge in [0, 0.05) is 11.1 Å². The Kier molecular flexibility index (Phi) is 5.31. The van der Waals surface area contributed by atoms with Gasteiger partial charge < -0.3 is 9.47 Å². The van der Waals surface area contributed by atoms with Gasteiger partial charge in [0.15, 0.2) is 0 Å². The molecule has 22 heavy (non-hydrogen) atoms. The van der Waals surface area contributed by atoms with Crippen molar-refractivity contribution in [3.8, 4) is 11.5 Å². The van der Waals surface area contributed by atoms with E-state index in [9.17, 15) is 0 Å². The van der Waals surface area contributed by atoms with Crippen molar-refractivity contribution in [2.45, 2.75) is 13.8 Å². The van der Waals surface area contributed by atoms with Crippen LogP contribution in [0.1, 0.15) is 25.0 Å². The standard InChI is InChI=1S/C18H20N2O2/c1-13(15-7-5-9-17(11-15)21-3)19-20-14(2)16-8-6-10-18(12-16)22-4/h5-12H,1-4H3/b19-13+,20-14+. The molecule has 0 atom stereocenters. The maximum atomic E-state index is 5.22. The molecule has 0 unspecified atom stereocenters. The highest BCUT2D eigenvalue weighted by Crippen LogP contribution is 2.15. The van der Waals surface area contributed by atoms with E-state index in [1.165, 1.54) is 0 Å². The predicted octanol–water partition coefficient (Wildman–Crippen LogP) is 3.94. The first-order valence-corrected chi connectivity index (χ1v) is 7.01. The number of rotatable bonds is 5. The van der Waals surface area contributed by atoms with Crippen LogP contribution >= 0.6 is 0 Å². The van der Waals surface area contributed by atoms with Gasteiger partial charge in [0.1, 0.15) is 11.5 Å². The molecule has 2 aromatic carbocycles. The number of benzene rings is 2. The molecule has 4 nitrogen and oxygen atoms in total. The van der Waals surface area contributed by atoms with E-state index >= 15 is 0 Å². The van der Waals surface area contributed by atoms with Crippen LogP contribution < -0.4 is 9.47 Å². The Labute approximate surface area is 131 Å². The zero-order valence-electron chi connectivity index (χ0n) is 13.3. The van der Waals surface area contributed by atoms with Crippen LogP contribution in [0.4, 0.5) is 0 Å². The van der Waals surface area contributed by atoms with Gasteiger partial charge in [-0.2, -0.15) is 10.2 Å². The van der Waals surface area contributed by atoms with Crippen LogP contribution in [0.15, 0.2) is 58.7 Å². The third kappa shape index (κ3) is 3.95. The van der Waals surface area contributed by atoms with Crippen molar-refractivity contribution in [3.05, 3.63) is 59.7 Å². The van der Waals surface area contributed by atoms with Crippen molar-refractivity contribution >= 4 is 11.4 Å². The average molecular weight is 296 g/mol. The van der Waals surface area contributed by atoms with Gasteiger partial charge in [-0.05, 0) is 38.1 Å². The van der Waals surface area contributed by atoms with E-state index in [0.717, 1.165) is 34.0 Å². The number of ether oxygens (including phenoxy) is 2. The van der Waals surface area contributed by atoms with Crippen LogP contribution in [-0.2, 0) is 0 Å². The van der Waals surface area contributed by atoms with Crippen LogP contribution in [-0.4, -0.2) is 25.6 Å². The first-order valence-electron chi connectivity index (χ1n) is 7.01. The maximum absolute atomic E-state index is 5.22. The summed E-state index contributed by atoms with van der Waals surface area (Å²) < 4.78 is 10.4. The predicted molar refractivity (Wildman–Crippen MR) is 90.4 cm³/mol. The molecule has 0 spiro atoms. The normalized spacial score (nSPS) is 12.2. The lowest BCUT2D eigenvalue weighted by molar-refractivity contribution is 0.414. The summed E-state index contributed by atoms with van der Waals surface area (Å²) in [5.74, 6) is 1.61. The molecule has 0 radical (unpaired) electrons. The van der Waals surface area contributed by atoms with Gasteiger partial charge in [-0.15, -0.1) is 0 Å². The summed E-state index contributed by atoms with van der Waals surface area (Å²) in [5, 5.41) is 8.62. The summed E-state index contributed by atoms with van der Waals surface area (Å²) in [6, 6.07) is 15.5. The molecule has 0 amide bonds. The molecular weight excluding hydrogens is 276 g/mol. The second kappa shape index (κ2) is 7.41. The summed E-state index contributed by atoms with van der Waals surface area (Å²) in [4.78, 5) is 0. The zero-order chi connectivity index (χ0) is 15.9. The Hall–Kier alpha value is -2.62. The molecule has 0 aliphatic carbocycles. The van der Waals surface area contributed by atoms with E-state index in [1.54, 1.807) is 14.2 Å². The molecule has 0 N–H and O–H groups in total. The Bertz CT molecular complexity index is 644. The van der Waals surface area contributed by atoms with Gasteiger partial charge >= 0.3 is 0 Å². The minimum absolute atomic E-state index is 0.806. The molecule has 4 heteroatoms. The van der Waals surface area contributed by atoms with Crippen molar-refractivity contribution < 1.29 is 9.47 Å². The van der Waals surface area contributed by atoms with E-state index < -0.39 is 0 Å². The summed E-state index contributed by atoms with van der Waals surface area (Å²) in [5.41, 5.74) is 3.64. The molecule has 0 saturated carbocycles. The number of nitrogens with zero attached hydrogens (tertiary/aromatic N) is 2. The summed E-state index contributed by atoms with van der Waals surface area (Å²) >= 11 is 0. The van der Waals surface area contributed by atoms with E-state index in [4.69, 9.17) is 9.47 Å². The second-order valence-electron chi connectivity index (χ2n) is 4.83. The van der Waals surface area contributed by atoms with E-state index in [0.29, 0.717) is 0 Å². The minimum atomic E-state index is 0.806. The van der Waals surface area contributed by atoms with E-state index in [1.807, 2.05) is 62.4 Å². The minimum Gasteiger partial charge on any atom is -0.497 e. The second-order valence-corrected chi connectivity index (χ2v) is 4.83. The monoisotopic (exact) mass is 296 g/mol. The number of hydrogen-bond donors (Lipinski definition) is 0. The molecule has 0 bridgehead atoms. The SMILES string of the molecule is COc1cccc(/C(C)=N/N=C(\C)c2cccc(OC)c2)c1. The third-order valence-electron chi connectivity index (χ3n) is 3.33. The first-order chi connectivity index (χ1) is 10.6. The first kappa shape index (κ1) is 15.8. The van der Waals surface area contributed by atoms with Crippen molar-refractivity contribution in [1.29, 1.82) is 0 Å². The maximum Gasteiger partial charge on any atom is 0.119 e. The van der Waals surface area contributed by atoms with Gasteiger partial charge in [-0.25, -0.2) is 0 Å². The van der Waals surface area contributed by atoms with Gasteiger partial charge in [0.25, 0.3) is 0 Å². The van der Waals surface area contributed by atoms with Crippen molar-refractivity contribution in [1.82, 2.24) is 0 Å². The van der Waals surface area contributed by atoms with Crippen molar-refractivity contribution in [2.24, 2.45) is 10.2 Å². The molecule has 0 heterocycles. The number of methoxy groups -OCH3 is 2. The van der Waals surface area contributed by atoms with Crippen molar-refractivity contribution in [2.75, 3.05) is 14.2 Å². The zero-order valence-corrected chi connectivity index (χ0v) is 13.3. The molecule has 2 aromatic rings. The highest BCUT2D eigenvalue weighted by atomic mass is 16.5. The topological polar surface area (TPSA) is 43.2 Å². The number of hydrogen-bond acceptors (Lipinski definition) is 4. The molecule has 0 aliphatic rings. The van der Waals surface area contributed by atoms with Gasteiger partial charge in [0.2, 0.25) is 0 Å². The summed E-state index contributed by atoms with van der Waals surface area (Å²) in [6.07, 6.45) is 0. The van der Waals surface area contributed by atoms with Crippen molar-refractivity contribution in [3.63, 3.8) is 0 Å². The lowest BCUT2D eigenvalue weighted by atomic mass is 10.1. The molecule has 114 valence electrons. The Morgan fingerprint density at radius 2 is 1.14 bits per heavy atom. The Morgan fingerprint density at radius 3 is 1.50 bits per heavy atom. The van der Waals surface area contributed by atoms with Crippen LogP contribution in [0.3, 0.4) is 0 Å². The van der Waals surface area contributed by atoms with Crippen LogP contribution in [0.25, 0.3) is 0 Å². The van der Waals surface area contributed by atoms with Crippen LogP contribution in [0.5, 0.6) is 11.5 Å². The molecule has 0 aromatic heterocycles. The Morgan fingerprint density at radius 1 is 0.727 bits per heavy atom. The highest BCUT2D eigenvalue weighted by Gasteiger charge is 2.01. The Balaban J connectivity index is 2.23. The smallest absolute Gasteiger partial charge is 0.119 e. The van der Waals surface area contributed by atoms with Gasteiger partial charge in [0.05, 0.1) is 25.6 Å². The molecule has 0 saturated heterocycles. The lowest BCUT2D eigenvalue weighted by Gasteiger charge is -2.04. The average Bonchev–Trinajstić information content (AvgIpc) is 2.59. The van der Waals surface area contributed by atoms with Crippen LogP contribution in [0.2, 0.25) is 0 Å². The highest BCUT2D eigenvalue weighted by molar-refractivity contribution is 6.02. The lowest BCUT2D eigenvalue weighted by Crippen LogP contribution is -1.98. The molecule has 2 rings (SSSR count). The van der Waals surface area contributed by atoms with E-state index in [2.05, 4.69) is 10.2 Å². The summed E-state index contributed by atoms with van der Waals surface area (Å²) in [7, 11) is 3.30. The van der Waals surface area contributed by atoms with Crippen LogP contribution in [0, 0.1) is 0 Å². The molecule has 0 fully saturated rings. The fourth-order valence-electron chi connectivity index (χ4n) is 1.96. The molecule has 0 aliphatic heterocycles. The third-order valence-corrected chi connectivity index (χ3v) is 3.33. The summed E-state index contributed by atoms with van der Waals surface area (Å²) in [6.45, 7) is 3.86. The quantitative estimate of drug-likeness (QED) is 0.619. The fourth-order valence-corrected chi connectivity index (χ4v) is 1.96. The fraction of sp³-hybridized carbons (Fsp3) is 0.222.